The zero-order chi connectivity index (χ0) is 8.81. The van der Waals surface area contributed by atoms with Gasteiger partial charge in [0.15, 0.2) is 0 Å². The van der Waals surface area contributed by atoms with Crippen LogP contribution in [0.2, 0.25) is 0 Å². The summed E-state index contributed by atoms with van der Waals surface area (Å²) in [6, 6.07) is 3.76. The number of nitrogens with zero attached hydrogens (tertiary/aromatic N) is 2. The lowest BCUT2D eigenvalue weighted by molar-refractivity contribution is 0.179. The molecule has 0 fully saturated rings. The van der Waals surface area contributed by atoms with E-state index in [4.69, 9.17) is 10.5 Å². The van der Waals surface area contributed by atoms with Crippen molar-refractivity contribution in [2.45, 2.75) is 12.5 Å². The molecule has 1 aromatic heterocycles. The Morgan fingerprint density at radius 2 is 2.50 bits per heavy atom. The highest BCUT2D eigenvalue weighted by Gasteiger charge is 2.03. The second-order valence-corrected chi connectivity index (χ2v) is 2.63. The van der Waals surface area contributed by atoms with E-state index in [0.717, 1.165) is 5.69 Å². The van der Waals surface area contributed by atoms with Gasteiger partial charge in [-0.2, -0.15) is 10.2 Å². The van der Waals surface area contributed by atoms with Crippen LogP contribution in [0.1, 0.15) is 5.69 Å². The van der Waals surface area contributed by atoms with Crippen LogP contribution in [-0.4, -0.2) is 30.0 Å². The van der Waals surface area contributed by atoms with Crippen LogP contribution in [0.3, 0.4) is 0 Å². The number of rotatable bonds is 4. The smallest absolute Gasteiger partial charge is 0.0647 e. The van der Waals surface area contributed by atoms with Gasteiger partial charge in [0.1, 0.15) is 0 Å². The van der Waals surface area contributed by atoms with E-state index in [1.165, 1.54) is 0 Å². The van der Waals surface area contributed by atoms with Gasteiger partial charge in [-0.25, -0.2) is 0 Å². The zero-order valence-electron chi connectivity index (χ0n) is 7.10. The molecule has 1 rings (SSSR count). The SMILES string of the molecule is COCC(N)Cc1cccnn1. The molecule has 1 heterocycles. The average molecular weight is 167 g/mol. The van der Waals surface area contributed by atoms with Crippen LogP contribution >= 0.6 is 0 Å². The van der Waals surface area contributed by atoms with Crippen LogP contribution in [0.25, 0.3) is 0 Å². The van der Waals surface area contributed by atoms with E-state index < -0.39 is 0 Å². The minimum absolute atomic E-state index is 0.00620. The molecule has 4 heteroatoms. The lowest BCUT2D eigenvalue weighted by Gasteiger charge is -2.08. The van der Waals surface area contributed by atoms with Gasteiger partial charge < -0.3 is 10.5 Å². The second kappa shape index (κ2) is 4.79. The van der Waals surface area contributed by atoms with Crippen molar-refractivity contribution in [3.63, 3.8) is 0 Å². The molecule has 0 aliphatic rings. The quantitative estimate of drug-likeness (QED) is 0.685. The van der Waals surface area contributed by atoms with Crippen molar-refractivity contribution in [2.75, 3.05) is 13.7 Å². The number of hydrogen-bond acceptors (Lipinski definition) is 4. The molecule has 66 valence electrons. The Hall–Kier alpha value is -1.00. The first-order chi connectivity index (χ1) is 5.83. The Morgan fingerprint density at radius 3 is 3.08 bits per heavy atom. The second-order valence-electron chi connectivity index (χ2n) is 2.63. The molecule has 1 aromatic rings. The van der Waals surface area contributed by atoms with Gasteiger partial charge in [-0.3, -0.25) is 0 Å². The van der Waals surface area contributed by atoms with Gasteiger partial charge >= 0.3 is 0 Å². The first-order valence-electron chi connectivity index (χ1n) is 3.84. The molecule has 0 spiro atoms. The average Bonchev–Trinajstić information content (AvgIpc) is 2.06. The molecule has 0 amide bonds. The fourth-order valence-corrected chi connectivity index (χ4v) is 0.984. The molecule has 0 aliphatic heterocycles. The summed E-state index contributed by atoms with van der Waals surface area (Å²) in [6.45, 7) is 0.552. The van der Waals surface area contributed by atoms with Crippen molar-refractivity contribution in [1.82, 2.24) is 10.2 Å². The van der Waals surface area contributed by atoms with Crippen LogP contribution in [0.4, 0.5) is 0 Å². The molecule has 0 radical (unpaired) electrons. The number of hydrogen-bond donors (Lipinski definition) is 1. The molecule has 4 nitrogen and oxygen atoms in total. The molecule has 2 N–H and O–H groups in total. The highest BCUT2D eigenvalue weighted by atomic mass is 16.5. The van der Waals surface area contributed by atoms with Crippen molar-refractivity contribution in [2.24, 2.45) is 5.73 Å². The Bertz CT molecular complexity index is 215. The summed E-state index contributed by atoms with van der Waals surface area (Å²) in [5.41, 5.74) is 6.63. The highest BCUT2D eigenvalue weighted by Crippen LogP contribution is 1.95. The van der Waals surface area contributed by atoms with Crippen molar-refractivity contribution >= 4 is 0 Å². The van der Waals surface area contributed by atoms with Crippen LogP contribution in [0, 0.1) is 0 Å². The first-order valence-corrected chi connectivity index (χ1v) is 3.84. The van der Waals surface area contributed by atoms with Crippen molar-refractivity contribution in [3.8, 4) is 0 Å². The van der Waals surface area contributed by atoms with Crippen LogP contribution in [0.5, 0.6) is 0 Å². The monoisotopic (exact) mass is 167 g/mol. The summed E-state index contributed by atoms with van der Waals surface area (Å²) >= 11 is 0. The maximum absolute atomic E-state index is 5.72. The van der Waals surface area contributed by atoms with E-state index in [-0.39, 0.29) is 6.04 Å². The fourth-order valence-electron chi connectivity index (χ4n) is 0.984. The van der Waals surface area contributed by atoms with E-state index in [9.17, 15) is 0 Å². The molecule has 0 aliphatic carbocycles. The van der Waals surface area contributed by atoms with E-state index >= 15 is 0 Å². The van der Waals surface area contributed by atoms with Gasteiger partial charge in [-0.1, -0.05) is 0 Å². The Morgan fingerprint density at radius 1 is 1.67 bits per heavy atom. The Kier molecular flexibility index (Phi) is 3.63. The lowest BCUT2D eigenvalue weighted by Crippen LogP contribution is -2.28. The maximum atomic E-state index is 5.72. The van der Waals surface area contributed by atoms with Gasteiger partial charge in [0.05, 0.1) is 12.3 Å². The molecular formula is C8H13N3O. The molecule has 0 aromatic carbocycles. The molecule has 0 bridgehead atoms. The van der Waals surface area contributed by atoms with E-state index in [0.29, 0.717) is 13.0 Å². The summed E-state index contributed by atoms with van der Waals surface area (Å²) in [5.74, 6) is 0. The number of methoxy groups -OCH3 is 1. The van der Waals surface area contributed by atoms with Gasteiger partial charge in [0.25, 0.3) is 0 Å². The summed E-state index contributed by atoms with van der Waals surface area (Å²) in [7, 11) is 1.64. The minimum Gasteiger partial charge on any atom is -0.383 e. The molecule has 1 atom stereocenters. The third-order valence-electron chi connectivity index (χ3n) is 1.48. The van der Waals surface area contributed by atoms with Gasteiger partial charge in [-0.15, -0.1) is 0 Å². The lowest BCUT2D eigenvalue weighted by atomic mass is 10.2. The number of ether oxygens (including phenoxy) is 1. The molecule has 12 heavy (non-hydrogen) atoms. The van der Waals surface area contributed by atoms with Crippen molar-refractivity contribution in [3.05, 3.63) is 24.0 Å². The van der Waals surface area contributed by atoms with Gasteiger partial charge in [-0.05, 0) is 12.1 Å². The fraction of sp³-hybridized carbons (Fsp3) is 0.500. The summed E-state index contributed by atoms with van der Waals surface area (Å²) in [5, 5.41) is 7.67. The summed E-state index contributed by atoms with van der Waals surface area (Å²) in [6.07, 6.45) is 2.35. The van der Waals surface area contributed by atoms with Crippen molar-refractivity contribution in [1.29, 1.82) is 0 Å². The summed E-state index contributed by atoms with van der Waals surface area (Å²) in [4.78, 5) is 0. The summed E-state index contributed by atoms with van der Waals surface area (Å²) < 4.78 is 4.90. The molecule has 1 unspecified atom stereocenters. The van der Waals surface area contributed by atoms with E-state index in [1.54, 1.807) is 13.3 Å². The topological polar surface area (TPSA) is 61.0 Å². The normalized spacial score (nSPS) is 12.8. The van der Waals surface area contributed by atoms with Crippen LogP contribution < -0.4 is 5.73 Å². The minimum atomic E-state index is 0.00620. The predicted molar refractivity (Wildman–Crippen MR) is 45.6 cm³/mol. The van der Waals surface area contributed by atoms with E-state index in [1.807, 2.05) is 12.1 Å². The Balaban J connectivity index is 2.41. The highest BCUT2D eigenvalue weighted by molar-refractivity contribution is 5.00. The number of aromatic nitrogens is 2. The zero-order valence-corrected chi connectivity index (χ0v) is 7.10. The maximum Gasteiger partial charge on any atom is 0.0647 e. The third kappa shape index (κ3) is 2.94. The molecule has 0 saturated heterocycles. The van der Waals surface area contributed by atoms with Gasteiger partial charge in [0, 0.05) is 25.8 Å². The van der Waals surface area contributed by atoms with Crippen molar-refractivity contribution < 1.29 is 4.74 Å². The molecular weight excluding hydrogens is 154 g/mol. The first kappa shape index (κ1) is 9.09. The van der Waals surface area contributed by atoms with E-state index in [2.05, 4.69) is 10.2 Å². The standard InChI is InChI=1S/C8H13N3O/c1-12-6-7(9)5-8-3-2-4-10-11-8/h2-4,7H,5-6,9H2,1H3. The molecule has 0 saturated carbocycles. The third-order valence-corrected chi connectivity index (χ3v) is 1.48. The van der Waals surface area contributed by atoms with Crippen LogP contribution in [0.15, 0.2) is 18.3 Å². The predicted octanol–water partition coefficient (Wildman–Crippen LogP) is -0.00720. The van der Waals surface area contributed by atoms with Crippen LogP contribution in [-0.2, 0) is 11.2 Å². The Labute approximate surface area is 71.8 Å². The van der Waals surface area contributed by atoms with Gasteiger partial charge in [0.2, 0.25) is 0 Å². The number of nitrogens with two attached hydrogens (primary N) is 1. The largest absolute Gasteiger partial charge is 0.383 e.